The van der Waals surface area contributed by atoms with Crippen molar-refractivity contribution in [2.24, 2.45) is 0 Å². The van der Waals surface area contributed by atoms with Gasteiger partial charge in [-0.15, -0.1) is 0 Å². The topological polar surface area (TPSA) is 46.6 Å². The van der Waals surface area contributed by atoms with Crippen molar-refractivity contribution < 1.29 is 14.3 Å². The molecule has 1 aliphatic heterocycles. The zero-order valence-corrected chi connectivity index (χ0v) is 12.6. The Labute approximate surface area is 126 Å². The molecule has 0 spiro atoms. The Bertz CT molecular complexity index is 472. The predicted molar refractivity (Wildman–Crippen MR) is 80.7 cm³/mol. The lowest BCUT2D eigenvalue weighted by molar-refractivity contribution is -0.131. The van der Waals surface area contributed by atoms with Gasteiger partial charge in [-0.1, -0.05) is 44.4 Å². The summed E-state index contributed by atoms with van der Waals surface area (Å²) in [7, 11) is 0. The molecule has 21 heavy (non-hydrogen) atoms. The lowest BCUT2D eigenvalue weighted by Crippen LogP contribution is -2.40. The summed E-state index contributed by atoms with van der Waals surface area (Å²) in [4.78, 5) is 25.7. The zero-order chi connectivity index (χ0) is 15.1. The van der Waals surface area contributed by atoms with Crippen LogP contribution < -0.4 is 0 Å². The van der Waals surface area contributed by atoms with E-state index in [1.165, 1.54) is 17.7 Å². The number of unbranched alkanes of at least 4 members (excludes halogenated alkanes) is 3. The van der Waals surface area contributed by atoms with E-state index in [0.29, 0.717) is 25.0 Å². The smallest absolute Gasteiger partial charge is 0.262 e. The van der Waals surface area contributed by atoms with Gasteiger partial charge < -0.3 is 4.74 Å². The van der Waals surface area contributed by atoms with Crippen LogP contribution >= 0.6 is 0 Å². The van der Waals surface area contributed by atoms with Gasteiger partial charge in [0, 0.05) is 25.0 Å². The van der Waals surface area contributed by atoms with E-state index in [1.807, 2.05) is 6.07 Å². The molecule has 0 aromatic heterocycles. The molecule has 0 saturated carbocycles. The Kier molecular flexibility index (Phi) is 5.93. The van der Waals surface area contributed by atoms with Gasteiger partial charge in [0.1, 0.15) is 6.23 Å². The number of amides is 2. The molecule has 2 amide bonds. The first-order valence-corrected chi connectivity index (χ1v) is 7.77. The van der Waals surface area contributed by atoms with Crippen LogP contribution in [0.2, 0.25) is 0 Å². The Morgan fingerprint density at radius 3 is 2.71 bits per heavy atom. The maximum Gasteiger partial charge on any atom is 0.262 e. The Morgan fingerprint density at radius 2 is 2.00 bits per heavy atom. The van der Waals surface area contributed by atoms with Gasteiger partial charge in [-0.2, -0.15) is 0 Å². The quantitative estimate of drug-likeness (QED) is 0.571. The number of hydrogen-bond donors (Lipinski definition) is 0. The Balaban J connectivity index is 1.92. The molecule has 0 aliphatic carbocycles. The molecule has 0 N–H and O–H groups in total. The molecule has 1 atom stereocenters. The number of rotatable bonds is 7. The number of hydrogen-bond acceptors (Lipinski definition) is 3. The van der Waals surface area contributed by atoms with Gasteiger partial charge >= 0.3 is 0 Å². The van der Waals surface area contributed by atoms with Crippen LogP contribution in [0.15, 0.2) is 30.3 Å². The van der Waals surface area contributed by atoms with Crippen molar-refractivity contribution in [3.63, 3.8) is 0 Å². The summed E-state index contributed by atoms with van der Waals surface area (Å²) >= 11 is 0. The lowest BCUT2D eigenvalue weighted by atomic mass is 10.2. The van der Waals surface area contributed by atoms with E-state index in [9.17, 15) is 9.59 Å². The Morgan fingerprint density at radius 1 is 1.24 bits per heavy atom. The highest BCUT2D eigenvalue weighted by atomic mass is 16.5. The normalized spacial score (nSPS) is 18.2. The van der Waals surface area contributed by atoms with E-state index in [4.69, 9.17) is 4.74 Å². The molecule has 1 aliphatic rings. The monoisotopic (exact) mass is 289 g/mol. The van der Waals surface area contributed by atoms with Crippen molar-refractivity contribution in [3.8, 4) is 0 Å². The third-order valence-electron chi connectivity index (χ3n) is 3.71. The van der Waals surface area contributed by atoms with E-state index in [1.54, 1.807) is 24.3 Å². The number of ether oxygens (including phenoxy) is 1. The fourth-order valence-corrected chi connectivity index (χ4v) is 2.53. The minimum absolute atomic E-state index is 0.137. The third-order valence-corrected chi connectivity index (χ3v) is 3.71. The van der Waals surface area contributed by atoms with Crippen molar-refractivity contribution in [2.45, 2.75) is 51.7 Å². The molecule has 4 nitrogen and oxygen atoms in total. The van der Waals surface area contributed by atoms with Gasteiger partial charge in [0.25, 0.3) is 5.91 Å². The maximum atomic E-state index is 12.4. The number of carbonyl (C=O) groups is 2. The summed E-state index contributed by atoms with van der Waals surface area (Å²) < 4.78 is 5.76. The van der Waals surface area contributed by atoms with Gasteiger partial charge in [-0.3, -0.25) is 14.5 Å². The van der Waals surface area contributed by atoms with E-state index in [-0.39, 0.29) is 11.8 Å². The fourth-order valence-electron chi connectivity index (χ4n) is 2.53. The minimum atomic E-state index is -0.396. The predicted octanol–water partition coefficient (Wildman–Crippen LogP) is 3.37. The first kappa shape index (κ1) is 15.7. The van der Waals surface area contributed by atoms with Crippen molar-refractivity contribution in [2.75, 3.05) is 6.61 Å². The van der Waals surface area contributed by atoms with Crippen LogP contribution in [0, 0.1) is 0 Å². The molecule has 2 rings (SSSR count). The second-order valence-electron chi connectivity index (χ2n) is 5.36. The summed E-state index contributed by atoms with van der Waals surface area (Å²) in [5, 5.41) is 0. The van der Waals surface area contributed by atoms with Crippen molar-refractivity contribution in [3.05, 3.63) is 35.9 Å². The van der Waals surface area contributed by atoms with E-state index >= 15 is 0 Å². The van der Waals surface area contributed by atoms with E-state index in [0.717, 1.165) is 12.8 Å². The molecule has 0 bridgehead atoms. The molecular formula is C17H23NO3. The number of likely N-dealkylation sites (tertiary alicyclic amines) is 1. The SMILES string of the molecule is CCCCCCOC1CCC(=O)N1C(=O)c1ccccc1. The average molecular weight is 289 g/mol. The van der Waals surface area contributed by atoms with Crippen LogP contribution in [0.5, 0.6) is 0 Å². The number of carbonyl (C=O) groups excluding carboxylic acids is 2. The molecule has 1 unspecified atom stereocenters. The van der Waals surface area contributed by atoms with Crippen LogP contribution in [-0.2, 0) is 9.53 Å². The van der Waals surface area contributed by atoms with Crippen molar-refractivity contribution in [1.82, 2.24) is 4.90 Å². The second kappa shape index (κ2) is 7.93. The molecule has 1 saturated heterocycles. The highest BCUT2D eigenvalue weighted by molar-refractivity contribution is 6.05. The lowest BCUT2D eigenvalue weighted by Gasteiger charge is -2.23. The zero-order valence-electron chi connectivity index (χ0n) is 12.6. The molecular weight excluding hydrogens is 266 g/mol. The van der Waals surface area contributed by atoms with Crippen molar-refractivity contribution in [1.29, 1.82) is 0 Å². The number of imide groups is 1. The van der Waals surface area contributed by atoms with E-state index < -0.39 is 6.23 Å². The van der Waals surface area contributed by atoms with Crippen LogP contribution in [-0.4, -0.2) is 29.5 Å². The molecule has 1 fully saturated rings. The van der Waals surface area contributed by atoms with Gasteiger partial charge in [0.05, 0.1) is 0 Å². The van der Waals surface area contributed by atoms with Crippen molar-refractivity contribution >= 4 is 11.8 Å². The average Bonchev–Trinajstić information content (AvgIpc) is 2.88. The summed E-state index contributed by atoms with van der Waals surface area (Å²) in [5.41, 5.74) is 0.535. The number of benzene rings is 1. The third kappa shape index (κ3) is 4.14. The highest BCUT2D eigenvalue weighted by Crippen LogP contribution is 2.22. The van der Waals surface area contributed by atoms with Crippen LogP contribution in [0.3, 0.4) is 0 Å². The molecule has 4 heteroatoms. The first-order chi connectivity index (χ1) is 10.2. The summed E-state index contributed by atoms with van der Waals surface area (Å²) in [6.07, 6.45) is 5.08. The summed E-state index contributed by atoms with van der Waals surface area (Å²) in [6, 6.07) is 8.91. The second-order valence-corrected chi connectivity index (χ2v) is 5.36. The van der Waals surface area contributed by atoms with Gasteiger partial charge in [0.15, 0.2) is 0 Å². The summed E-state index contributed by atoms with van der Waals surface area (Å²) in [5.74, 6) is -0.390. The van der Waals surface area contributed by atoms with Gasteiger partial charge in [-0.25, -0.2) is 0 Å². The maximum absolute atomic E-state index is 12.4. The molecule has 1 aromatic carbocycles. The fraction of sp³-hybridized carbons (Fsp3) is 0.529. The highest BCUT2D eigenvalue weighted by Gasteiger charge is 2.36. The standard InChI is InChI=1S/C17H23NO3/c1-2-3-4-8-13-21-16-12-11-15(19)18(16)17(20)14-9-6-5-7-10-14/h5-7,9-10,16H,2-4,8,11-13H2,1H3. The first-order valence-electron chi connectivity index (χ1n) is 7.77. The van der Waals surface area contributed by atoms with Gasteiger partial charge in [0.2, 0.25) is 5.91 Å². The molecule has 0 radical (unpaired) electrons. The molecule has 1 aromatic rings. The van der Waals surface area contributed by atoms with Crippen LogP contribution in [0.4, 0.5) is 0 Å². The van der Waals surface area contributed by atoms with Crippen LogP contribution in [0.25, 0.3) is 0 Å². The van der Waals surface area contributed by atoms with Crippen LogP contribution in [0.1, 0.15) is 55.8 Å². The summed E-state index contributed by atoms with van der Waals surface area (Å²) in [6.45, 7) is 2.77. The molecule has 1 heterocycles. The van der Waals surface area contributed by atoms with E-state index in [2.05, 4.69) is 6.92 Å². The largest absolute Gasteiger partial charge is 0.358 e. The van der Waals surface area contributed by atoms with Gasteiger partial charge in [-0.05, 0) is 18.6 Å². The minimum Gasteiger partial charge on any atom is -0.358 e. The Hall–Kier alpha value is -1.68. The molecule has 114 valence electrons. The number of nitrogens with zero attached hydrogens (tertiary/aromatic N) is 1.